The number of nitrogens with zero attached hydrogens (tertiary/aromatic N) is 2. The van der Waals surface area contributed by atoms with Crippen LogP contribution in [0.3, 0.4) is 0 Å². The molecule has 1 aliphatic carbocycles. The monoisotopic (exact) mass is 424 g/mol. The van der Waals surface area contributed by atoms with E-state index in [0.717, 1.165) is 68.0 Å². The van der Waals surface area contributed by atoms with E-state index in [2.05, 4.69) is 6.92 Å². The normalized spacial score (nSPS) is 19.6. The Hall–Kier alpha value is -2.35. The fourth-order valence-electron chi connectivity index (χ4n) is 4.29. The van der Waals surface area contributed by atoms with Crippen molar-refractivity contribution in [1.82, 2.24) is 9.97 Å². The van der Waals surface area contributed by atoms with Gasteiger partial charge in [0.1, 0.15) is 36.5 Å². The molecule has 5 rings (SSSR count). The SMILES string of the molecule is C[C@H]1CCc2c(sc3nc(C[NH+]4CCOCC4)nc(Oc4ccc(C=O)cc4)c23)C1. The predicted molar refractivity (Wildman–Crippen MR) is 116 cm³/mol. The Bertz CT molecular complexity index is 1060. The van der Waals surface area contributed by atoms with Crippen molar-refractivity contribution in [3.63, 3.8) is 0 Å². The number of aryl methyl sites for hydroxylation is 1. The van der Waals surface area contributed by atoms with Gasteiger partial charge in [0.25, 0.3) is 0 Å². The minimum Gasteiger partial charge on any atom is -0.438 e. The Morgan fingerprint density at radius 3 is 2.80 bits per heavy atom. The molecule has 0 spiro atoms. The van der Waals surface area contributed by atoms with Gasteiger partial charge in [-0.1, -0.05) is 6.92 Å². The summed E-state index contributed by atoms with van der Waals surface area (Å²) in [7, 11) is 0. The highest BCUT2D eigenvalue weighted by Gasteiger charge is 2.26. The van der Waals surface area contributed by atoms with E-state index in [1.165, 1.54) is 21.8 Å². The fraction of sp³-hybridized carbons (Fsp3) is 0.435. The van der Waals surface area contributed by atoms with Gasteiger partial charge < -0.3 is 14.4 Å². The number of nitrogens with one attached hydrogen (secondary N) is 1. The molecule has 1 fully saturated rings. The molecule has 0 radical (unpaired) electrons. The molecular weight excluding hydrogens is 398 g/mol. The lowest BCUT2D eigenvalue weighted by atomic mass is 9.89. The van der Waals surface area contributed by atoms with E-state index in [4.69, 9.17) is 19.4 Å². The maximum atomic E-state index is 11.0. The summed E-state index contributed by atoms with van der Waals surface area (Å²) in [5, 5.41) is 1.07. The molecule has 1 aliphatic heterocycles. The molecule has 30 heavy (non-hydrogen) atoms. The van der Waals surface area contributed by atoms with Gasteiger partial charge in [0.2, 0.25) is 5.88 Å². The number of hydrogen-bond acceptors (Lipinski definition) is 6. The molecule has 0 bridgehead atoms. The Morgan fingerprint density at radius 2 is 2.03 bits per heavy atom. The van der Waals surface area contributed by atoms with E-state index in [-0.39, 0.29) is 0 Å². The highest BCUT2D eigenvalue weighted by Crippen LogP contribution is 2.41. The van der Waals surface area contributed by atoms with Crippen molar-refractivity contribution in [3.05, 3.63) is 46.1 Å². The lowest BCUT2D eigenvalue weighted by Gasteiger charge is -2.23. The molecule has 6 nitrogen and oxygen atoms in total. The van der Waals surface area contributed by atoms with Gasteiger partial charge in [0.15, 0.2) is 5.82 Å². The minimum atomic E-state index is 0.633. The molecular formula is C23H26N3O3S+. The number of fused-ring (bicyclic) bond motifs is 3. The number of carbonyl (C=O) groups excluding carboxylic acids is 1. The molecule has 3 aromatic rings. The van der Waals surface area contributed by atoms with Crippen LogP contribution in [0.1, 0.15) is 40.0 Å². The molecule has 1 saturated heterocycles. The third-order valence-corrected chi connectivity index (χ3v) is 7.16. The second-order valence-electron chi connectivity index (χ2n) is 8.31. The number of morpholine rings is 1. The minimum absolute atomic E-state index is 0.633. The van der Waals surface area contributed by atoms with Crippen LogP contribution in [0.15, 0.2) is 24.3 Å². The molecule has 0 amide bonds. The third-order valence-electron chi connectivity index (χ3n) is 6.01. The molecule has 0 unspecified atom stereocenters. The van der Waals surface area contributed by atoms with Gasteiger partial charge in [0, 0.05) is 10.4 Å². The van der Waals surface area contributed by atoms with Gasteiger partial charge in [-0.25, -0.2) is 4.98 Å². The van der Waals surface area contributed by atoms with E-state index >= 15 is 0 Å². The van der Waals surface area contributed by atoms with Crippen LogP contribution in [0, 0.1) is 5.92 Å². The van der Waals surface area contributed by atoms with E-state index in [9.17, 15) is 4.79 Å². The van der Waals surface area contributed by atoms with Gasteiger partial charge in [-0.05, 0) is 55.0 Å². The maximum absolute atomic E-state index is 11.0. The van der Waals surface area contributed by atoms with Crippen molar-refractivity contribution < 1.29 is 19.2 Å². The summed E-state index contributed by atoms with van der Waals surface area (Å²) < 4.78 is 11.8. The zero-order chi connectivity index (χ0) is 20.5. The number of carbonyl (C=O) groups is 1. The number of aromatic nitrogens is 2. The summed E-state index contributed by atoms with van der Waals surface area (Å²) >= 11 is 1.80. The Kier molecular flexibility index (Phi) is 5.50. The summed E-state index contributed by atoms with van der Waals surface area (Å²) in [4.78, 5) is 24.7. The number of benzene rings is 1. The molecule has 1 aromatic carbocycles. The van der Waals surface area contributed by atoms with Crippen LogP contribution in [-0.2, 0) is 24.1 Å². The second-order valence-corrected chi connectivity index (χ2v) is 9.39. The number of aldehydes is 1. The van der Waals surface area contributed by atoms with Gasteiger partial charge in [-0.15, -0.1) is 11.3 Å². The van der Waals surface area contributed by atoms with Crippen LogP contribution in [0.4, 0.5) is 0 Å². The summed E-state index contributed by atoms with van der Waals surface area (Å²) in [5.41, 5.74) is 1.99. The molecule has 156 valence electrons. The first-order valence-corrected chi connectivity index (χ1v) is 11.5. The largest absolute Gasteiger partial charge is 0.438 e. The number of ether oxygens (including phenoxy) is 2. The van der Waals surface area contributed by atoms with E-state index in [0.29, 0.717) is 23.1 Å². The summed E-state index contributed by atoms with van der Waals surface area (Å²) in [5.74, 6) is 2.87. The molecule has 0 saturated carbocycles. The Balaban J connectivity index is 1.54. The Morgan fingerprint density at radius 1 is 1.23 bits per heavy atom. The van der Waals surface area contributed by atoms with Gasteiger partial charge in [0.05, 0.1) is 18.6 Å². The first kappa shape index (κ1) is 19.6. The van der Waals surface area contributed by atoms with Crippen LogP contribution in [0.2, 0.25) is 0 Å². The first-order chi connectivity index (χ1) is 14.7. The third kappa shape index (κ3) is 3.97. The van der Waals surface area contributed by atoms with Crippen molar-refractivity contribution in [2.45, 2.75) is 32.7 Å². The summed E-state index contributed by atoms with van der Waals surface area (Å²) in [6.45, 7) is 6.62. The topological polar surface area (TPSA) is 65.8 Å². The average molecular weight is 425 g/mol. The quantitative estimate of drug-likeness (QED) is 0.638. The van der Waals surface area contributed by atoms with Gasteiger partial charge in [-0.3, -0.25) is 4.79 Å². The van der Waals surface area contributed by atoms with E-state index < -0.39 is 0 Å². The van der Waals surface area contributed by atoms with Crippen LogP contribution in [0.5, 0.6) is 11.6 Å². The first-order valence-electron chi connectivity index (χ1n) is 10.6. The van der Waals surface area contributed by atoms with Crippen molar-refractivity contribution in [2.24, 2.45) is 5.92 Å². The van der Waals surface area contributed by atoms with E-state index in [1.807, 2.05) is 12.1 Å². The van der Waals surface area contributed by atoms with Crippen molar-refractivity contribution in [1.29, 1.82) is 0 Å². The van der Waals surface area contributed by atoms with Crippen molar-refractivity contribution in [2.75, 3.05) is 26.3 Å². The summed E-state index contributed by atoms with van der Waals surface area (Å²) in [6.07, 6.45) is 4.18. The number of hydrogen-bond donors (Lipinski definition) is 1. The number of thiophene rings is 1. The second kappa shape index (κ2) is 8.41. The van der Waals surface area contributed by atoms with Crippen LogP contribution in [-0.4, -0.2) is 42.6 Å². The van der Waals surface area contributed by atoms with Gasteiger partial charge in [-0.2, -0.15) is 4.98 Å². The van der Waals surface area contributed by atoms with Crippen molar-refractivity contribution in [3.8, 4) is 11.6 Å². The fourth-order valence-corrected chi connectivity index (χ4v) is 5.68. The zero-order valence-electron chi connectivity index (χ0n) is 17.1. The standard InChI is InChI=1S/C23H25N3O3S/c1-15-2-7-18-19(12-15)30-23-21(18)22(29-17-5-3-16(14-27)4-6-17)24-20(25-23)13-26-8-10-28-11-9-26/h3-6,14-15H,2,7-13H2,1H3/p+1/t15-/m0/s1. The van der Waals surface area contributed by atoms with Crippen LogP contribution >= 0.6 is 11.3 Å². The highest BCUT2D eigenvalue weighted by atomic mass is 32.1. The van der Waals surface area contributed by atoms with Crippen LogP contribution < -0.4 is 9.64 Å². The Labute approximate surface area is 179 Å². The average Bonchev–Trinajstić information content (AvgIpc) is 3.12. The van der Waals surface area contributed by atoms with Crippen molar-refractivity contribution >= 4 is 27.8 Å². The molecule has 1 N–H and O–H groups in total. The predicted octanol–water partition coefficient (Wildman–Crippen LogP) is 2.84. The number of quaternary nitrogens is 1. The lowest BCUT2D eigenvalue weighted by molar-refractivity contribution is -0.922. The van der Waals surface area contributed by atoms with Crippen LogP contribution in [0.25, 0.3) is 10.2 Å². The van der Waals surface area contributed by atoms with E-state index in [1.54, 1.807) is 23.5 Å². The highest BCUT2D eigenvalue weighted by molar-refractivity contribution is 7.18. The smallest absolute Gasteiger partial charge is 0.231 e. The molecule has 7 heteroatoms. The zero-order valence-corrected chi connectivity index (χ0v) is 18.0. The molecule has 3 heterocycles. The number of rotatable bonds is 5. The molecule has 2 aliphatic rings. The molecule has 2 aromatic heterocycles. The summed E-state index contributed by atoms with van der Waals surface area (Å²) in [6, 6.07) is 7.19. The maximum Gasteiger partial charge on any atom is 0.231 e. The van der Waals surface area contributed by atoms with Gasteiger partial charge >= 0.3 is 0 Å². The lowest BCUT2D eigenvalue weighted by Crippen LogP contribution is -3.12. The molecule has 1 atom stereocenters.